The first kappa shape index (κ1) is 11.4. The van der Waals surface area contributed by atoms with E-state index in [1.807, 2.05) is 0 Å². The van der Waals surface area contributed by atoms with Crippen molar-refractivity contribution in [2.45, 2.75) is 26.9 Å². The quantitative estimate of drug-likeness (QED) is 0.563. The predicted molar refractivity (Wildman–Crippen MR) is 56.6 cm³/mol. The van der Waals surface area contributed by atoms with Crippen molar-refractivity contribution in [1.29, 1.82) is 0 Å². The van der Waals surface area contributed by atoms with Crippen LogP contribution in [-0.4, -0.2) is 11.8 Å². The summed E-state index contributed by atoms with van der Waals surface area (Å²) in [6, 6.07) is 7.06. The minimum Gasteiger partial charge on any atom is -0.458 e. The van der Waals surface area contributed by atoms with Crippen molar-refractivity contribution in [3.05, 3.63) is 35.4 Å². The van der Waals surface area contributed by atoms with Gasteiger partial charge >= 0.3 is 5.97 Å². The molecule has 15 heavy (non-hydrogen) atoms. The molecule has 1 rings (SSSR count). The Morgan fingerprint density at radius 3 is 2.07 bits per heavy atom. The maximum Gasteiger partial charge on any atom is 0.303 e. The van der Waals surface area contributed by atoms with Gasteiger partial charge in [-0.1, -0.05) is 24.3 Å². The summed E-state index contributed by atoms with van der Waals surface area (Å²) in [6.45, 7) is 4.69. The van der Waals surface area contributed by atoms with Crippen LogP contribution in [0.25, 0.3) is 0 Å². The van der Waals surface area contributed by atoms with Crippen LogP contribution < -0.4 is 0 Å². The Balaban J connectivity index is 2.79. The molecule has 0 aromatic heterocycles. The average Bonchev–Trinajstić information content (AvgIpc) is 2.17. The van der Waals surface area contributed by atoms with Crippen LogP contribution in [0.15, 0.2) is 24.3 Å². The van der Waals surface area contributed by atoms with E-state index in [0.29, 0.717) is 5.56 Å². The van der Waals surface area contributed by atoms with Gasteiger partial charge in [0.15, 0.2) is 5.78 Å². The molecule has 0 fully saturated rings. The van der Waals surface area contributed by atoms with Crippen molar-refractivity contribution in [3.8, 4) is 0 Å². The number of Topliss-reactive ketones (excluding diaryl/α,β-unsaturated/α-hetero) is 1. The SMILES string of the molecule is CC(=O)OC(C)c1ccc(C(C)=O)cc1. The van der Waals surface area contributed by atoms with E-state index < -0.39 is 0 Å². The van der Waals surface area contributed by atoms with Crippen molar-refractivity contribution in [2.75, 3.05) is 0 Å². The summed E-state index contributed by atoms with van der Waals surface area (Å²) in [5, 5.41) is 0. The summed E-state index contributed by atoms with van der Waals surface area (Å²) in [4.78, 5) is 21.7. The number of carbonyl (C=O) groups is 2. The number of ether oxygens (including phenoxy) is 1. The minimum atomic E-state index is -0.307. The Kier molecular flexibility index (Phi) is 3.61. The fraction of sp³-hybridized carbons (Fsp3) is 0.333. The van der Waals surface area contributed by atoms with E-state index in [2.05, 4.69) is 0 Å². The van der Waals surface area contributed by atoms with Gasteiger partial charge in [-0.2, -0.15) is 0 Å². The third-order valence-electron chi connectivity index (χ3n) is 2.13. The molecule has 3 heteroatoms. The Morgan fingerprint density at radius 1 is 1.13 bits per heavy atom. The van der Waals surface area contributed by atoms with Gasteiger partial charge in [-0.15, -0.1) is 0 Å². The lowest BCUT2D eigenvalue weighted by atomic mass is 10.1. The molecular formula is C12H14O3. The first-order valence-electron chi connectivity index (χ1n) is 4.79. The van der Waals surface area contributed by atoms with Gasteiger partial charge in [-0.25, -0.2) is 0 Å². The largest absolute Gasteiger partial charge is 0.458 e. The van der Waals surface area contributed by atoms with E-state index in [-0.39, 0.29) is 17.9 Å². The molecular weight excluding hydrogens is 192 g/mol. The number of rotatable bonds is 3. The molecule has 0 aliphatic rings. The summed E-state index contributed by atoms with van der Waals surface area (Å²) in [5.41, 5.74) is 1.55. The van der Waals surface area contributed by atoms with Crippen LogP contribution in [0.3, 0.4) is 0 Å². The van der Waals surface area contributed by atoms with Crippen molar-refractivity contribution in [1.82, 2.24) is 0 Å². The standard InChI is InChI=1S/C12H14O3/c1-8(13)11-4-6-12(7-5-11)9(2)15-10(3)14/h4-7,9H,1-3H3. The Morgan fingerprint density at radius 2 is 1.67 bits per heavy atom. The molecule has 0 heterocycles. The van der Waals surface area contributed by atoms with Gasteiger partial charge < -0.3 is 4.74 Å². The number of esters is 1. The third-order valence-corrected chi connectivity index (χ3v) is 2.13. The van der Waals surface area contributed by atoms with E-state index in [4.69, 9.17) is 4.74 Å². The molecule has 80 valence electrons. The molecule has 0 spiro atoms. The van der Waals surface area contributed by atoms with Gasteiger partial charge in [0.1, 0.15) is 6.10 Å². The van der Waals surface area contributed by atoms with Crippen LogP contribution in [0.2, 0.25) is 0 Å². The number of hydrogen-bond acceptors (Lipinski definition) is 3. The van der Waals surface area contributed by atoms with Crippen LogP contribution in [-0.2, 0) is 9.53 Å². The van der Waals surface area contributed by atoms with Crippen molar-refractivity contribution in [2.24, 2.45) is 0 Å². The van der Waals surface area contributed by atoms with Crippen molar-refractivity contribution in [3.63, 3.8) is 0 Å². The average molecular weight is 206 g/mol. The second-order valence-electron chi connectivity index (χ2n) is 3.43. The molecule has 1 aromatic carbocycles. The summed E-state index contributed by atoms with van der Waals surface area (Å²) >= 11 is 0. The van der Waals surface area contributed by atoms with Gasteiger partial charge in [0.2, 0.25) is 0 Å². The van der Waals surface area contributed by atoms with Crippen LogP contribution in [0.1, 0.15) is 42.8 Å². The van der Waals surface area contributed by atoms with Gasteiger partial charge in [0.05, 0.1) is 0 Å². The van der Waals surface area contributed by atoms with Crippen LogP contribution in [0.4, 0.5) is 0 Å². The third kappa shape index (κ3) is 3.20. The summed E-state index contributed by atoms with van der Waals surface area (Å²) < 4.78 is 5.01. The van der Waals surface area contributed by atoms with Gasteiger partial charge in [-0.3, -0.25) is 9.59 Å². The summed E-state index contributed by atoms with van der Waals surface area (Å²) in [5.74, 6) is -0.278. The zero-order valence-electron chi connectivity index (χ0n) is 9.11. The minimum absolute atomic E-state index is 0.0293. The highest BCUT2D eigenvalue weighted by molar-refractivity contribution is 5.94. The molecule has 0 bridgehead atoms. The molecule has 3 nitrogen and oxygen atoms in total. The van der Waals surface area contributed by atoms with E-state index in [9.17, 15) is 9.59 Å². The Bertz CT molecular complexity index is 365. The van der Waals surface area contributed by atoms with Gasteiger partial charge in [0, 0.05) is 12.5 Å². The second-order valence-corrected chi connectivity index (χ2v) is 3.43. The maximum atomic E-state index is 11.0. The highest BCUT2D eigenvalue weighted by atomic mass is 16.5. The molecule has 0 radical (unpaired) electrons. The first-order valence-corrected chi connectivity index (χ1v) is 4.79. The number of ketones is 1. The predicted octanol–water partition coefficient (Wildman–Crippen LogP) is 2.51. The number of benzene rings is 1. The first-order chi connectivity index (χ1) is 7.00. The zero-order chi connectivity index (χ0) is 11.4. The number of hydrogen-bond donors (Lipinski definition) is 0. The lowest BCUT2D eigenvalue weighted by Gasteiger charge is -2.12. The van der Waals surface area contributed by atoms with Crippen molar-refractivity contribution >= 4 is 11.8 Å². The molecule has 1 unspecified atom stereocenters. The molecule has 0 saturated heterocycles. The number of carbonyl (C=O) groups excluding carboxylic acids is 2. The Labute approximate surface area is 89.1 Å². The Hall–Kier alpha value is -1.64. The van der Waals surface area contributed by atoms with Gasteiger partial charge in [0.25, 0.3) is 0 Å². The highest BCUT2D eigenvalue weighted by Crippen LogP contribution is 2.17. The molecule has 0 aliphatic carbocycles. The van der Waals surface area contributed by atoms with Crippen LogP contribution in [0.5, 0.6) is 0 Å². The topological polar surface area (TPSA) is 43.4 Å². The van der Waals surface area contributed by atoms with E-state index in [1.54, 1.807) is 31.2 Å². The zero-order valence-corrected chi connectivity index (χ0v) is 9.11. The summed E-state index contributed by atoms with van der Waals surface area (Å²) in [6.07, 6.45) is -0.275. The molecule has 1 atom stereocenters. The van der Waals surface area contributed by atoms with E-state index in [1.165, 1.54) is 13.8 Å². The van der Waals surface area contributed by atoms with Crippen LogP contribution in [0, 0.1) is 0 Å². The molecule has 0 saturated carbocycles. The molecule has 0 N–H and O–H groups in total. The van der Waals surface area contributed by atoms with E-state index in [0.717, 1.165) is 5.56 Å². The van der Waals surface area contributed by atoms with Crippen LogP contribution >= 0.6 is 0 Å². The lowest BCUT2D eigenvalue weighted by molar-refractivity contribution is -0.145. The fourth-order valence-electron chi connectivity index (χ4n) is 1.31. The summed E-state index contributed by atoms with van der Waals surface area (Å²) in [7, 11) is 0. The molecule has 0 aliphatic heterocycles. The highest BCUT2D eigenvalue weighted by Gasteiger charge is 2.08. The monoisotopic (exact) mass is 206 g/mol. The maximum absolute atomic E-state index is 11.0. The fourth-order valence-corrected chi connectivity index (χ4v) is 1.31. The second kappa shape index (κ2) is 4.73. The molecule has 1 aromatic rings. The van der Waals surface area contributed by atoms with Gasteiger partial charge in [-0.05, 0) is 19.4 Å². The molecule has 0 amide bonds. The normalized spacial score (nSPS) is 11.9. The van der Waals surface area contributed by atoms with E-state index >= 15 is 0 Å². The smallest absolute Gasteiger partial charge is 0.303 e. The van der Waals surface area contributed by atoms with Crippen molar-refractivity contribution < 1.29 is 14.3 Å². The lowest BCUT2D eigenvalue weighted by Crippen LogP contribution is -2.05.